The molecule has 0 bridgehead atoms. The molecule has 13 heavy (non-hydrogen) atoms. The SMILES string of the molecule is CCC(=O)NCCCCCN(C)C. The predicted molar refractivity (Wildman–Crippen MR) is 55.7 cm³/mol. The number of hydrogen-bond acceptors (Lipinski definition) is 2. The summed E-state index contributed by atoms with van der Waals surface area (Å²) in [6, 6.07) is 0. The van der Waals surface area contributed by atoms with Gasteiger partial charge in [0.15, 0.2) is 0 Å². The monoisotopic (exact) mass is 186 g/mol. The molecular formula is C10H22N2O. The molecular weight excluding hydrogens is 164 g/mol. The molecule has 0 saturated heterocycles. The predicted octanol–water partition coefficient (Wildman–Crippen LogP) is 1.24. The molecule has 0 aliphatic rings. The molecule has 0 aromatic heterocycles. The van der Waals surface area contributed by atoms with E-state index in [1.165, 1.54) is 12.8 Å². The van der Waals surface area contributed by atoms with Gasteiger partial charge in [0.2, 0.25) is 5.91 Å². The molecule has 0 aromatic rings. The van der Waals surface area contributed by atoms with Gasteiger partial charge in [-0.25, -0.2) is 0 Å². The van der Waals surface area contributed by atoms with E-state index in [0.717, 1.165) is 19.5 Å². The Morgan fingerprint density at radius 2 is 1.92 bits per heavy atom. The minimum absolute atomic E-state index is 0.160. The first-order chi connectivity index (χ1) is 6.16. The Bertz CT molecular complexity index is 135. The number of amides is 1. The van der Waals surface area contributed by atoms with Gasteiger partial charge in [0, 0.05) is 13.0 Å². The summed E-state index contributed by atoms with van der Waals surface area (Å²) >= 11 is 0. The lowest BCUT2D eigenvalue weighted by atomic mass is 10.2. The number of unbranched alkanes of at least 4 members (excludes halogenated alkanes) is 2. The van der Waals surface area contributed by atoms with Gasteiger partial charge in [0.1, 0.15) is 0 Å². The van der Waals surface area contributed by atoms with Crippen LogP contribution in [0.3, 0.4) is 0 Å². The van der Waals surface area contributed by atoms with Gasteiger partial charge in [-0.3, -0.25) is 4.79 Å². The Balaban J connectivity index is 3.04. The number of carbonyl (C=O) groups is 1. The zero-order chi connectivity index (χ0) is 10.1. The summed E-state index contributed by atoms with van der Waals surface area (Å²) in [6.07, 6.45) is 4.11. The van der Waals surface area contributed by atoms with Crippen LogP contribution >= 0.6 is 0 Å². The van der Waals surface area contributed by atoms with E-state index < -0.39 is 0 Å². The molecule has 3 nitrogen and oxygen atoms in total. The van der Waals surface area contributed by atoms with Crippen LogP contribution in [0.5, 0.6) is 0 Å². The summed E-state index contributed by atoms with van der Waals surface area (Å²) in [5, 5.41) is 2.87. The molecule has 0 radical (unpaired) electrons. The number of nitrogens with zero attached hydrogens (tertiary/aromatic N) is 1. The van der Waals surface area contributed by atoms with Crippen LogP contribution in [0.15, 0.2) is 0 Å². The van der Waals surface area contributed by atoms with Crippen molar-refractivity contribution in [3.05, 3.63) is 0 Å². The lowest BCUT2D eigenvalue weighted by Gasteiger charge is -2.08. The van der Waals surface area contributed by atoms with Crippen LogP contribution in [0.2, 0.25) is 0 Å². The third kappa shape index (κ3) is 9.34. The fraction of sp³-hybridized carbons (Fsp3) is 0.900. The summed E-state index contributed by atoms with van der Waals surface area (Å²) < 4.78 is 0. The van der Waals surface area contributed by atoms with Crippen molar-refractivity contribution in [2.45, 2.75) is 32.6 Å². The van der Waals surface area contributed by atoms with E-state index in [2.05, 4.69) is 24.3 Å². The summed E-state index contributed by atoms with van der Waals surface area (Å²) in [5.41, 5.74) is 0. The Labute approximate surface area is 81.5 Å². The van der Waals surface area contributed by atoms with E-state index in [4.69, 9.17) is 0 Å². The first kappa shape index (κ1) is 12.4. The average molecular weight is 186 g/mol. The second-order valence-electron chi connectivity index (χ2n) is 3.57. The lowest BCUT2D eigenvalue weighted by molar-refractivity contribution is -0.120. The van der Waals surface area contributed by atoms with Gasteiger partial charge in [-0.1, -0.05) is 13.3 Å². The number of carbonyl (C=O) groups excluding carboxylic acids is 1. The highest BCUT2D eigenvalue weighted by Gasteiger charge is 1.95. The third-order valence-corrected chi connectivity index (χ3v) is 1.93. The Morgan fingerprint density at radius 1 is 1.23 bits per heavy atom. The minimum Gasteiger partial charge on any atom is -0.356 e. The van der Waals surface area contributed by atoms with E-state index in [9.17, 15) is 4.79 Å². The largest absolute Gasteiger partial charge is 0.356 e. The van der Waals surface area contributed by atoms with Crippen LogP contribution in [0.4, 0.5) is 0 Å². The Hall–Kier alpha value is -0.570. The van der Waals surface area contributed by atoms with Gasteiger partial charge < -0.3 is 10.2 Å². The molecule has 78 valence electrons. The molecule has 0 atom stereocenters. The van der Waals surface area contributed by atoms with E-state index in [0.29, 0.717) is 6.42 Å². The van der Waals surface area contributed by atoms with E-state index in [-0.39, 0.29) is 5.91 Å². The minimum atomic E-state index is 0.160. The van der Waals surface area contributed by atoms with Crippen molar-refractivity contribution < 1.29 is 4.79 Å². The molecule has 3 heteroatoms. The number of hydrogen-bond donors (Lipinski definition) is 1. The van der Waals surface area contributed by atoms with E-state index >= 15 is 0 Å². The highest BCUT2D eigenvalue weighted by Crippen LogP contribution is 1.94. The molecule has 0 aromatic carbocycles. The second-order valence-corrected chi connectivity index (χ2v) is 3.57. The first-order valence-electron chi connectivity index (χ1n) is 5.08. The van der Waals surface area contributed by atoms with Crippen LogP contribution in [0, 0.1) is 0 Å². The lowest BCUT2D eigenvalue weighted by Crippen LogP contribution is -2.23. The zero-order valence-corrected chi connectivity index (χ0v) is 9.10. The summed E-state index contributed by atoms with van der Waals surface area (Å²) in [6.45, 7) is 3.85. The topological polar surface area (TPSA) is 32.3 Å². The molecule has 0 fully saturated rings. The van der Waals surface area contributed by atoms with Crippen molar-refractivity contribution in [2.75, 3.05) is 27.2 Å². The number of rotatable bonds is 7. The Kier molecular flexibility index (Phi) is 7.69. The highest BCUT2D eigenvalue weighted by molar-refractivity contribution is 5.75. The summed E-state index contributed by atoms with van der Waals surface area (Å²) in [5.74, 6) is 0.160. The molecule has 0 unspecified atom stereocenters. The van der Waals surface area contributed by atoms with Crippen molar-refractivity contribution in [1.82, 2.24) is 10.2 Å². The maximum Gasteiger partial charge on any atom is 0.219 e. The maximum absolute atomic E-state index is 10.8. The third-order valence-electron chi connectivity index (χ3n) is 1.93. The summed E-state index contributed by atoms with van der Waals surface area (Å²) in [7, 11) is 4.16. The summed E-state index contributed by atoms with van der Waals surface area (Å²) in [4.78, 5) is 13.0. The Morgan fingerprint density at radius 3 is 2.46 bits per heavy atom. The van der Waals surface area contributed by atoms with Gasteiger partial charge in [-0.2, -0.15) is 0 Å². The van der Waals surface area contributed by atoms with Crippen LogP contribution < -0.4 is 5.32 Å². The second kappa shape index (κ2) is 8.05. The van der Waals surface area contributed by atoms with Crippen LogP contribution in [-0.2, 0) is 4.79 Å². The molecule has 0 aliphatic carbocycles. The maximum atomic E-state index is 10.8. The van der Waals surface area contributed by atoms with Crippen molar-refractivity contribution in [3.63, 3.8) is 0 Å². The average Bonchev–Trinajstić information content (AvgIpc) is 2.10. The molecule has 0 aliphatic heterocycles. The van der Waals surface area contributed by atoms with Crippen LogP contribution in [-0.4, -0.2) is 38.0 Å². The molecule has 0 saturated carbocycles. The highest BCUT2D eigenvalue weighted by atomic mass is 16.1. The molecule has 1 N–H and O–H groups in total. The van der Waals surface area contributed by atoms with Crippen molar-refractivity contribution in [1.29, 1.82) is 0 Å². The van der Waals surface area contributed by atoms with Gasteiger partial charge in [-0.05, 0) is 33.5 Å². The first-order valence-corrected chi connectivity index (χ1v) is 5.08. The standard InChI is InChI=1S/C10H22N2O/c1-4-10(13)11-8-6-5-7-9-12(2)3/h4-9H2,1-3H3,(H,11,13). The van der Waals surface area contributed by atoms with E-state index in [1.54, 1.807) is 0 Å². The van der Waals surface area contributed by atoms with Crippen molar-refractivity contribution >= 4 is 5.91 Å². The molecule has 0 heterocycles. The molecule has 0 rings (SSSR count). The fourth-order valence-corrected chi connectivity index (χ4v) is 1.08. The van der Waals surface area contributed by atoms with Gasteiger partial charge in [0.25, 0.3) is 0 Å². The normalized spacial score (nSPS) is 10.5. The fourth-order valence-electron chi connectivity index (χ4n) is 1.08. The molecule has 0 spiro atoms. The quantitative estimate of drug-likeness (QED) is 0.607. The smallest absolute Gasteiger partial charge is 0.219 e. The number of nitrogens with one attached hydrogen (secondary N) is 1. The van der Waals surface area contributed by atoms with Crippen molar-refractivity contribution in [2.24, 2.45) is 0 Å². The van der Waals surface area contributed by atoms with Gasteiger partial charge >= 0.3 is 0 Å². The van der Waals surface area contributed by atoms with Gasteiger partial charge in [0.05, 0.1) is 0 Å². The van der Waals surface area contributed by atoms with Crippen LogP contribution in [0.1, 0.15) is 32.6 Å². The van der Waals surface area contributed by atoms with Gasteiger partial charge in [-0.15, -0.1) is 0 Å². The van der Waals surface area contributed by atoms with Crippen molar-refractivity contribution in [3.8, 4) is 0 Å². The molecule has 1 amide bonds. The van der Waals surface area contributed by atoms with Crippen LogP contribution in [0.25, 0.3) is 0 Å². The van der Waals surface area contributed by atoms with E-state index in [1.807, 2.05) is 6.92 Å². The zero-order valence-electron chi connectivity index (χ0n) is 9.10.